The molecule has 0 heterocycles. The maximum Gasteiger partial charge on any atom is -1.00 e. The molecule has 1 aromatic carbocycles. The van der Waals surface area contributed by atoms with Crippen molar-refractivity contribution >= 4 is 6.08 Å². The Balaban J connectivity index is 0.00000110. The van der Waals surface area contributed by atoms with Gasteiger partial charge in [-0.2, -0.15) is 0 Å². The van der Waals surface area contributed by atoms with Gasteiger partial charge in [0.05, 0.1) is 0 Å². The normalized spacial score (nSPS) is 18.0. The van der Waals surface area contributed by atoms with Crippen molar-refractivity contribution < 1.29 is 57.2 Å². The van der Waals surface area contributed by atoms with Crippen molar-refractivity contribution in [1.82, 2.24) is 0 Å². The summed E-state index contributed by atoms with van der Waals surface area (Å²) in [5.41, 5.74) is 4.73. The van der Waals surface area contributed by atoms with Crippen LogP contribution in [0.25, 0.3) is 6.08 Å². The van der Waals surface area contributed by atoms with Crippen LogP contribution >= 0.6 is 0 Å². The van der Waals surface area contributed by atoms with Crippen molar-refractivity contribution in [1.29, 1.82) is 0 Å². The van der Waals surface area contributed by atoms with Crippen LogP contribution in [-0.2, 0) is 23.2 Å². The molecule has 0 saturated carbocycles. The van der Waals surface area contributed by atoms with Gasteiger partial charge in [0.1, 0.15) is 0 Å². The first-order valence-electron chi connectivity index (χ1n) is 7.30. The SMILES string of the molecule is CCCCC1=[C]([Zr+2][CH]2C=Cc3ccccc32)CC=C1.[Br-].[Br-]. The Morgan fingerprint density at radius 2 is 1.95 bits per heavy atom. The van der Waals surface area contributed by atoms with E-state index in [0.29, 0.717) is 0 Å². The van der Waals surface area contributed by atoms with Crippen molar-refractivity contribution in [2.75, 3.05) is 0 Å². The first-order valence-corrected chi connectivity index (χ1v) is 9.95. The molecule has 0 amide bonds. The van der Waals surface area contributed by atoms with E-state index in [-0.39, 0.29) is 34.0 Å². The number of fused-ring (bicyclic) bond motifs is 1. The molecule has 3 heteroatoms. The molecule has 0 saturated heterocycles. The number of hydrogen-bond donors (Lipinski definition) is 0. The molecule has 3 rings (SSSR count). The molecule has 0 spiro atoms. The summed E-state index contributed by atoms with van der Waals surface area (Å²) in [5.74, 6) is 0. The first kappa shape index (κ1) is 19.3. The average molecular weight is 487 g/mol. The second-order valence-electron chi connectivity index (χ2n) is 5.32. The van der Waals surface area contributed by atoms with Gasteiger partial charge in [0.2, 0.25) is 0 Å². The van der Waals surface area contributed by atoms with Crippen molar-refractivity contribution in [3.8, 4) is 0 Å². The number of unbranched alkanes of at least 4 members (excludes halogenated alkanes) is 1. The maximum atomic E-state index is 2.46. The minimum atomic E-state index is -0.503. The Bertz CT molecular complexity index is 558. The van der Waals surface area contributed by atoms with Crippen molar-refractivity contribution in [3.63, 3.8) is 0 Å². The van der Waals surface area contributed by atoms with E-state index in [1.165, 1.54) is 31.2 Å². The minimum Gasteiger partial charge on any atom is -1.00 e. The van der Waals surface area contributed by atoms with E-state index >= 15 is 0 Å². The Hall–Kier alpha value is 0.283. The molecule has 0 bridgehead atoms. The summed E-state index contributed by atoms with van der Waals surface area (Å²) in [6.45, 7) is 2.29. The van der Waals surface area contributed by atoms with Gasteiger partial charge in [0.15, 0.2) is 0 Å². The molecule has 21 heavy (non-hydrogen) atoms. The van der Waals surface area contributed by atoms with Gasteiger partial charge in [-0.1, -0.05) is 0 Å². The summed E-state index contributed by atoms with van der Waals surface area (Å²) in [4.78, 5) is 0. The second kappa shape index (κ2) is 9.43. The van der Waals surface area contributed by atoms with Gasteiger partial charge in [-0.25, -0.2) is 0 Å². The first-order chi connectivity index (χ1) is 9.38. The minimum absolute atomic E-state index is 0. The third-order valence-electron chi connectivity index (χ3n) is 3.96. The van der Waals surface area contributed by atoms with Crippen LogP contribution in [0.4, 0.5) is 0 Å². The van der Waals surface area contributed by atoms with Crippen LogP contribution in [0.15, 0.2) is 51.3 Å². The van der Waals surface area contributed by atoms with E-state index in [2.05, 4.69) is 55.5 Å². The van der Waals surface area contributed by atoms with Gasteiger partial charge in [0.25, 0.3) is 0 Å². The van der Waals surface area contributed by atoms with Crippen LogP contribution in [0.2, 0.25) is 0 Å². The largest absolute Gasteiger partial charge is 1.00 e. The summed E-state index contributed by atoms with van der Waals surface area (Å²) in [6.07, 6.45) is 14.8. The quantitative estimate of drug-likeness (QED) is 0.513. The standard InChI is InChI=1S/C9H7.C9H13.2BrH.Zr/c1-2-5-9-7-3-6-8(9)4-1;1-2-3-6-9-7-4-5-8-9;;;/h1-7H;4,7H,2-3,5-6H2,1H3;2*1H;/q;;;;+2/p-2. The molecule has 1 atom stereocenters. The van der Waals surface area contributed by atoms with Crippen LogP contribution in [0, 0.1) is 0 Å². The molecular formula is C18H20Br2Zr. The zero-order valence-electron chi connectivity index (χ0n) is 12.3. The van der Waals surface area contributed by atoms with E-state index < -0.39 is 23.2 Å². The molecule has 1 unspecified atom stereocenters. The third-order valence-corrected chi connectivity index (χ3v) is 8.11. The predicted molar refractivity (Wildman–Crippen MR) is 78.5 cm³/mol. The fourth-order valence-corrected chi connectivity index (χ4v) is 6.84. The van der Waals surface area contributed by atoms with E-state index in [1.807, 2.05) is 3.28 Å². The molecule has 2 aliphatic rings. The summed E-state index contributed by atoms with van der Waals surface area (Å²) in [7, 11) is 0. The second-order valence-corrected chi connectivity index (χ2v) is 9.05. The molecule has 0 aromatic heterocycles. The number of allylic oxidation sites excluding steroid dienone is 5. The zero-order chi connectivity index (χ0) is 13.1. The molecule has 0 fully saturated rings. The van der Waals surface area contributed by atoms with Crippen LogP contribution in [0.5, 0.6) is 0 Å². The van der Waals surface area contributed by atoms with Crippen molar-refractivity contribution in [2.24, 2.45) is 0 Å². The summed E-state index contributed by atoms with van der Waals surface area (Å²) >= 11 is -0.503. The van der Waals surface area contributed by atoms with Gasteiger partial charge in [-0.3, -0.25) is 0 Å². The maximum absolute atomic E-state index is 2.46. The molecule has 0 nitrogen and oxygen atoms in total. The van der Waals surface area contributed by atoms with E-state index in [9.17, 15) is 0 Å². The molecule has 110 valence electrons. The summed E-state index contributed by atoms with van der Waals surface area (Å²) < 4.78 is 2.61. The van der Waals surface area contributed by atoms with E-state index in [1.54, 1.807) is 11.1 Å². The van der Waals surface area contributed by atoms with E-state index in [0.717, 1.165) is 3.63 Å². The van der Waals surface area contributed by atoms with Gasteiger partial charge in [0, 0.05) is 0 Å². The van der Waals surface area contributed by atoms with Gasteiger partial charge in [-0.15, -0.1) is 0 Å². The molecular weight excluding hydrogens is 467 g/mol. The number of hydrogen-bond acceptors (Lipinski definition) is 0. The molecule has 0 radical (unpaired) electrons. The van der Waals surface area contributed by atoms with Crippen LogP contribution in [0.3, 0.4) is 0 Å². The molecule has 0 N–H and O–H groups in total. The van der Waals surface area contributed by atoms with Gasteiger partial charge < -0.3 is 34.0 Å². The zero-order valence-corrected chi connectivity index (χ0v) is 17.9. The topological polar surface area (TPSA) is 0 Å². The summed E-state index contributed by atoms with van der Waals surface area (Å²) in [5, 5.41) is 0. The van der Waals surface area contributed by atoms with Crippen molar-refractivity contribution in [3.05, 3.63) is 62.5 Å². The van der Waals surface area contributed by atoms with Gasteiger partial charge >= 0.3 is 128 Å². The number of halogens is 2. The fraction of sp³-hybridized carbons (Fsp3) is 0.333. The third kappa shape index (κ3) is 4.63. The predicted octanol–water partition coefficient (Wildman–Crippen LogP) is -0.751. The Kier molecular flexibility index (Phi) is 8.68. The molecule has 0 aliphatic heterocycles. The van der Waals surface area contributed by atoms with Crippen LogP contribution in [-0.4, -0.2) is 0 Å². The number of rotatable bonds is 5. The number of benzene rings is 1. The Morgan fingerprint density at radius 1 is 1.14 bits per heavy atom. The van der Waals surface area contributed by atoms with Crippen molar-refractivity contribution in [2.45, 2.75) is 36.2 Å². The van der Waals surface area contributed by atoms with Crippen LogP contribution in [0.1, 0.15) is 47.4 Å². The smallest absolute Gasteiger partial charge is 1.00 e. The molecule has 1 aromatic rings. The Labute approximate surface area is 160 Å². The summed E-state index contributed by atoms with van der Waals surface area (Å²) in [6, 6.07) is 8.93. The monoisotopic (exact) mass is 484 g/mol. The molecule has 2 aliphatic carbocycles. The van der Waals surface area contributed by atoms with Crippen LogP contribution < -0.4 is 34.0 Å². The average Bonchev–Trinajstić information content (AvgIpc) is 3.05. The van der Waals surface area contributed by atoms with Gasteiger partial charge in [-0.05, 0) is 0 Å². The Morgan fingerprint density at radius 3 is 2.76 bits per heavy atom. The van der Waals surface area contributed by atoms with E-state index in [4.69, 9.17) is 0 Å². The fourth-order valence-electron chi connectivity index (χ4n) is 2.87.